The van der Waals surface area contributed by atoms with E-state index in [0.29, 0.717) is 5.39 Å². The molecular formula is C10H12N4O4. The van der Waals surface area contributed by atoms with Crippen LogP contribution in [0.1, 0.15) is 0 Å². The lowest BCUT2D eigenvalue weighted by Crippen LogP contribution is -2.60. The summed E-state index contributed by atoms with van der Waals surface area (Å²) < 4.78 is 10.2. The first-order valence-electron chi connectivity index (χ1n) is 4.97. The van der Waals surface area contributed by atoms with Crippen molar-refractivity contribution in [2.24, 2.45) is 0 Å². The van der Waals surface area contributed by atoms with E-state index in [1.807, 2.05) is 0 Å². The number of nitrogen functional groups attached to an aromatic ring is 2. The summed E-state index contributed by atoms with van der Waals surface area (Å²) in [5, 5.41) is 23.3. The number of fused-ring (bicyclic) bond motifs is 1. The van der Waals surface area contributed by atoms with Crippen LogP contribution in [-0.2, 0) is 0 Å². The fourth-order valence-corrected chi connectivity index (χ4v) is 1.82. The Hall–Kier alpha value is -2.64. The summed E-state index contributed by atoms with van der Waals surface area (Å²) in [7, 11) is 2.77. The predicted molar refractivity (Wildman–Crippen MR) is 63.8 cm³/mol. The number of benzene rings is 1. The Kier molecular flexibility index (Phi) is 2.62. The SMILES string of the molecule is COc1c(OC)c(N)c2c(cc[n+]([O-])[n+]2[O-])c1N. The molecule has 0 fully saturated rings. The molecule has 4 N–H and O–H groups in total. The molecule has 1 aromatic carbocycles. The third-order valence-electron chi connectivity index (χ3n) is 2.64. The average molecular weight is 252 g/mol. The second kappa shape index (κ2) is 3.99. The van der Waals surface area contributed by atoms with Crippen LogP contribution in [0.2, 0.25) is 0 Å². The maximum absolute atomic E-state index is 11.7. The Morgan fingerprint density at radius 2 is 1.61 bits per heavy atom. The van der Waals surface area contributed by atoms with Crippen molar-refractivity contribution >= 4 is 22.3 Å². The van der Waals surface area contributed by atoms with Crippen LogP contribution >= 0.6 is 0 Å². The van der Waals surface area contributed by atoms with Gasteiger partial charge in [-0.05, 0) is 0 Å². The molecule has 0 saturated carbocycles. The molecule has 2 aromatic rings. The lowest BCUT2D eigenvalue weighted by molar-refractivity contribution is -1.18. The summed E-state index contributed by atoms with van der Waals surface area (Å²) in [5.41, 5.74) is 11.8. The highest BCUT2D eigenvalue weighted by atomic mass is 16.6. The molecule has 0 spiro atoms. The van der Waals surface area contributed by atoms with E-state index in [9.17, 15) is 10.4 Å². The van der Waals surface area contributed by atoms with Crippen molar-refractivity contribution < 1.29 is 19.2 Å². The van der Waals surface area contributed by atoms with Crippen molar-refractivity contribution in [3.05, 3.63) is 22.7 Å². The minimum atomic E-state index is -0.0531. The van der Waals surface area contributed by atoms with E-state index in [4.69, 9.17) is 20.9 Å². The van der Waals surface area contributed by atoms with Gasteiger partial charge in [0.25, 0.3) is 6.20 Å². The minimum absolute atomic E-state index is 0.00116. The van der Waals surface area contributed by atoms with Gasteiger partial charge in [-0.2, -0.15) is 0 Å². The largest absolute Gasteiger partial charge is 0.561 e. The summed E-state index contributed by atoms with van der Waals surface area (Å²) in [6, 6.07) is 1.39. The highest BCUT2D eigenvalue weighted by Gasteiger charge is 2.26. The van der Waals surface area contributed by atoms with Gasteiger partial charge in [0.1, 0.15) is 0 Å². The van der Waals surface area contributed by atoms with Crippen molar-refractivity contribution in [3.8, 4) is 11.5 Å². The van der Waals surface area contributed by atoms with Crippen LogP contribution in [0.5, 0.6) is 11.5 Å². The monoisotopic (exact) mass is 252 g/mol. The first-order valence-corrected chi connectivity index (χ1v) is 4.97. The predicted octanol–water partition coefficient (Wildman–Crippen LogP) is -0.712. The lowest BCUT2D eigenvalue weighted by Gasteiger charge is -2.13. The number of hydrogen-bond donors (Lipinski definition) is 2. The molecule has 96 valence electrons. The van der Waals surface area contributed by atoms with Crippen LogP contribution in [0.3, 0.4) is 0 Å². The van der Waals surface area contributed by atoms with Gasteiger partial charge in [0, 0.05) is 6.07 Å². The molecule has 0 bridgehead atoms. The fourth-order valence-electron chi connectivity index (χ4n) is 1.82. The fraction of sp³-hybridized carbons (Fsp3) is 0.200. The van der Waals surface area contributed by atoms with Crippen LogP contribution in [-0.4, -0.2) is 14.2 Å². The van der Waals surface area contributed by atoms with Gasteiger partial charge in [-0.25, -0.2) is 0 Å². The zero-order valence-corrected chi connectivity index (χ0v) is 9.84. The zero-order chi connectivity index (χ0) is 13.4. The molecule has 18 heavy (non-hydrogen) atoms. The second-order valence-corrected chi connectivity index (χ2v) is 3.55. The number of ether oxygens (including phenoxy) is 2. The summed E-state index contributed by atoms with van der Waals surface area (Å²) in [6.45, 7) is 0. The normalized spacial score (nSPS) is 10.6. The number of anilines is 2. The highest BCUT2D eigenvalue weighted by Crippen LogP contribution is 2.43. The number of rotatable bonds is 2. The number of nitrogens with two attached hydrogens (primary N) is 2. The third-order valence-corrected chi connectivity index (χ3v) is 2.64. The molecule has 8 heteroatoms. The molecule has 0 aliphatic heterocycles. The molecule has 8 nitrogen and oxygen atoms in total. The van der Waals surface area contributed by atoms with E-state index in [2.05, 4.69) is 0 Å². The molecule has 0 amide bonds. The number of nitrogens with zero attached hydrogens (tertiary/aromatic N) is 2. The quantitative estimate of drug-likeness (QED) is 0.413. The van der Waals surface area contributed by atoms with Crippen molar-refractivity contribution in [3.63, 3.8) is 0 Å². The van der Waals surface area contributed by atoms with Gasteiger partial charge in [-0.1, -0.05) is 0 Å². The molecule has 1 heterocycles. The van der Waals surface area contributed by atoms with E-state index < -0.39 is 0 Å². The minimum Gasteiger partial charge on any atom is -0.561 e. The Labute approximate surface area is 102 Å². The van der Waals surface area contributed by atoms with Crippen LogP contribution in [0, 0.1) is 10.4 Å². The van der Waals surface area contributed by atoms with Gasteiger partial charge < -0.3 is 31.4 Å². The van der Waals surface area contributed by atoms with Crippen LogP contribution in [0.15, 0.2) is 12.3 Å². The molecule has 0 unspecified atom stereocenters. The molecule has 0 saturated heterocycles. The first kappa shape index (κ1) is 11.8. The smallest absolute Gasteiger partial charge is 0.324 e. The molecule has 0 aliphatic rings. The summed E-state index contributed by atoms with van der Waals surface area (Å²) in [4.78, 5) is 0.201. The topological polar surface area (TPSA) is 124 Å². The van der Waals surface area contributed by atoms with E-state index in [0.717, 1.165) is 6.20 Å². The molecule has 0 radical (unpaired) electrons. The van der Waals surface area contributed by atoms with Crippen molar-refractivity contribution in [2.45, 2.75) is 0 Å². The standard InChI is InChI=1S/C10H12N4O4/c1-17-9-6(11)5-3-4-13(15)14(16)8(5)7(12)10(9)18-2/h3-4H,11-12H2,1-2H3. The van der Waals surface area contributed by atoms with E-state index >= 15 is 0 Å². The lowest BCUT2D eigenvalue weighted by atomic mass is 10.1. The van der Waals surface area contributed by atoms with Crippen molar-refractivity contribution in [2.75, 3.05) is 25.7 Å². The van der Waals surface area contributed by atoms with Crippen LogP contribution < -0.4 is 30.6 Å². The third kappa shape index (κ3) is 1.39. The Bertz CT molecular complexity index is 629. The van der Waals surface area contributed by atoms with Gasteiger partial charge in [0.2, 0.25) is 0 Å². The summed E-state index contributed by atoms with van der Waals surface area (Å²) in [5.74, 6) is 0.351. The number of methoxy groups -OCH3 is 2. The molecular weight excluding hydrogens is 240 g/mol. The Morgan fingerprint density at radius 1 is 1.06 bits per heavy atom. The van der Waals surface area contributed by atoms with Gasteiger partial charge in [-0.3, -0.25) is 0 Å². The molecule has 2 rings (SSSR count). The maximum Gasteiger partial charge on any atom is 0.324 e. The molecule has 1 aromatic heterocycles. The van der Waals surface area contributed by atoms with Gasteiger partial charge in [0.15, 0.2) is 17.2 Å². The molecule has 0 aliphatic carbocycles. The van der Waals surface area contributed by atoms with E-state index in [-0.39, 0.29) is 38.1 Å². The van der Waals surface area contributed by atoms with Crippen molar-refractivity contribution in [1.29, 1.82) is 0 Å². The first-order chi connectivity index (χ1) is 8.52. The van der Waals surface area contributed by atoms with Gasteiger partial charge in [-0.15, -0.1) is 0 Å². The second-order valence-electron chi connectivity index (χ2n) is 3.55. The van der Waals surface area contributed by atoms with E-state index in [1.165, 1.54) is 20.3 Å². The van der Waals surface area contributed by atoms with Gasteiger partial charge in [0.05, 0.1) is 35.0 Å². The van der Waals surface area contributed by atoms with E-state index in [1.54, 1.807) is 0 Å². The number of hydrogen-bond acceptors (Lipinski definition) is 6. The maximum atomic E-state index is 11.7. The summed E-state index contributed by atoms with van der Waals surface area (Å²) in [6.07, 6.45) is 1.04. The van der Waals surface area contributed by atoms with Crippen LogP contribution in [0.4, 0.5) is 11.4 Å². The number of aromatic nitrogens is 2. The average Bonchev–Trinajstić information content (AvgIpc) is 2.36. The highest BCUT2D eigenvalue weighted by molar-refractivity contribution is 6.02. The van der Waals surface area contributed by atoms with Gasteiger partial charge >= 0.3 is 5.52 Å². The van der Waals surface area contributed by atoms with Crippen molar-refractivity contribution in [1.82, 2.24) is 0 Å². The Balaban J connectivity index is 3.02. The summed E-state index contributed by atoms with van der Waals surface area (Å²) >= 11 is 0. The Morgan fingerprint density at radius 3 is 2.17 bits per heavy atom. The zero-order valence-electron chi connectivity index (χ0n) is 9.84. The van der Waals surface area contributed by atoms with Crippen LogP contribution in [0.25, 0.3) is 10.9 Å². The molecule has 0 atom stereocenters.